The van der Waals surface area contributed by atoms with E-state index >= 15 is 0 Å². The Kier molecular flexibility index (Phi) is 4.62. The van der Waals surface area contributed by atoms with Gasteiger partial charge in [0.1, 0.15) is 11.2 Å². The molecule has 0 bridgehead atoms. The number of aliphatic imine (C=N–C) groups is 1. The molecule has 0 saturated heterocycles. The van der Waals surface area contributed by atoms with E-state index in [0.717, 1.165) is 15.6 Å². The molecule has 1 atom stereocenters. The van der Waals surface area contributed by atoms with Crippen LogP contribution in [0.3, 0.4) is 0 Å². The van der Waals surface area contributed by atoms with Gasteiger partial charge in [-0.05, 0) is 61.4 Å². The Morgan fingerprint density at radius 1 is 1.20 bits per heavy atom. The van der Waals surface area contributed by atoms with Crippen LogP contribution in [-0.2, 0) is 10.3 Å². The molecule has 2 aromatic heterocycles. The summed E-state index contributed by atoms with van der Waals surface area (Å²) in [5, 5.41) is 5.85. The molecule has 3 aromatic rings. The molecule has 0 fully saturated rings. The molecule has 3 heterocycles. The second-order valence-electron chi connectivity index (χ2n) is 8.06. The van der Waals surface area contributed by atoms with Gasteiger partial charge < -0.3 is 11.1 Å². The Morgan fingerprint density at radius 2 is 1.97 bits per heavy atom. The van der Waals surface area contributed by atoms with Gasteiger partial charge in [0, 0.05) is 18.9 Å². The third kappa shape index (κ3) is 2.95. The van der Waals surface area contributed by atoms with Crippen LogP contribution in [0.5, 0.6) is 0 Å². The van der Waals surface area contributed by atoms with Gasteiger partial charge in [-0.15, -0.1) is 11.3 Å². The highest BCUT2D eigenvalue weighted by Crippen LogP contribution is 2.46. The first-order valence-electron chi connectivity index (χ1n) is 9.53. The van der Waals surface area contributed by atoms with E-state index in [4.69, 9.17) is 5.73 Å². The number of aromatic nitrogens is 1. The smallest absolute Gasteiger partial charge is 0.275 e. The maximum Gasteiger partial charge on any atom is 0.275 e. The van der Waals surface area contributed by atoms with Gasteiger partial charge in [-0.1, -0.05) is 12.1 Å². The average molecular weight is 422 g/mol. The minimum atomic E-state index is -0.882. The lowest BCUT2D eigenvalue weighted by Crippen LogP contribution is -2.58. The normalized spacial score (nSPS) is 20.9. The van der Waals surface area contributed by atoms with Crippen LogP contribution in [0.2, 0.25) is 0 Å². The SMILES string of the molecule is CN1C(=O)C(C)(C)C(C)(c2cccc(NC(=O)c3nccc4ccsc34)c2)N=C1N. The number of nitrogens with zero attached hydrogens (tertiary/aromatic N) is 3. The lowest BCUT2D eigenvalue weighted by Gasteiger charge is -2.46. The molecule has 30 heavy (non-hydrogen) atoms. The summed E-state index contributed by atoms with van der Waals surface area (Å²) >= 11 is 1.48. The first-order chi connectivity index (χ1) is 14.1. The van der Waals surface area contributed by atoms with E-state index in [9.17, 15) is 9.59 Å². The molecule has 3 N–H and O–H groups in total. The highest BCUT2D eigenvalue weighted by atomic mass is 32.1. The number of anilines is 1. The van der Waals surface area contributed by atoms with Crippen molar-refractivity contribution >= 4 is 44.9 Å². The number of amides is 2. The summed E-state index contributed by atoms with van der Waals surface area (Å²) in [6, 6.07) is 11.2. The first kappa shape index (κ1) is 20.0. The monoisotopic (exact) mass is 421 g/mol. The second kappa shape index (κ2) is 6.91. The van der Waals surface area contributed by atoms with Gasteiger partial charge in [0.15, 0.2) is 5.96 Å². The molecule has 0 spiro atoms. The number of hydrogen-bond acceptors (Lipinski definition) is 6. The van der Waals surface area contributed by atoms with Gasteiger partial charge in [-0.3, -0.25) is 14.5 Å². The fourth-order valence-corrected chi connectivity index (χ4v) is 4.63. The maximum atomic E-state index is 12.9. The van der Waals surface area contributed by atoms with Crippen LogP contribution < -0.4 is 11.1 Å². The minimum absolute atomic E-state index is 0.111. The summed E-state index contributed by atoms with van der Waals surface area (Å²) in [4.78, 5) is 36.1. The number of thiophene rings is 1. The summed E-state index contributed by atoms with van der Waals surface area (Å²) in [5.41, 5.74) is 6.09. The summed E-state index contributed by atoms with van der Waals surface area (Å²) in [7, 11) is 1.62. The van der Waals surface area contributed by atoms with Gasteiger partial charge in [0.05, 0.1) is 10.1 Å². The molecular weight excluding hydrogens is 398 g/mol. The van der Waals surface area contributed by atoms with E-state index in [-0.39, 0.29) is 17.8 Å². The zero-order valence-corrected chi connectivity index (χ0v) is 18.1. The molecular formula is C22H23N5O2S. The zero-order chi connectivity index (χ0) is 21.7. The number of pyridine rings is 1. The minimum Gasteiger partial charge on any atom is -0.369 e. The number of benzene rings is 1. The summed E-state index contributed by atoms with van der Waals surface area (Å²) in [6.07, 6.45) is 1.63. The fraction of sp³-hybridized carbons (Fsp3) is 0.273. The molecule has 7 nitrogen and oxygen atoms in total. The molecule has 0 saturated carbocycles. The molecule has 154 valence electrons. The van der Waals surface area contributed by atoms with Crippen molar-refractivity contribution in [3.63, 3.8) is 0 Å². The molecule has 1 aliphatic rings. The lowest BCUT2D eigenvalue weighted by atomic mass is 9.68. The van der Waals surface area contributed by atoms with Gasteiger partial charge in [0.2, 0.25) is 5.91 Å². The third-order valence-corrected chi connectivity index (χ3v) is 6.94. The first-order valence-corrected chi connectivity index (χ1v) is 10.4. The Bertz CT molecular complexity index is 1200. The van der Waals surface area contributed by atoms with Gasteiger partial charge in [0.25, 0.3) is 5.91 Å². The van der Waals surface area contributed by atoms with Crippen molar-refractivity contribution < 1.29 is 9.59 Å². The number of guanidine groups is 1. The van der Waals surface area contributed by atoms with E-state index in [1.165, 1.54) is 16.2 Å². The predicted molar refractivity (Wildman–Crippen MR) is 120 cm³/mol. The van der Waals surface area contributed by atoms with E-state index in [1.807, 2.05) is 56.5 Å². The second-order valence-corrected chi connectivity index (χ2v) is 8.98. The van der Waals surface area contributed by atoms with Crippen molar-refractivity contribution in [2.45, 2.75) is 26.3 Å². The number of nitrogens with one attached hydrogen (secondary N) is 1. The standard InChI is InChI=1S/C22H23N5O2S/c1-21(2)19(29)27(4)20(23)26-22(21,3)14-6-5-7-15(12-14)25-18(28)16-17-13(8-10-24-16)9-11-30-17/h5-12H,1-4H3,(H2,23,26)(H,25,28). The molecule has 1 unspecified atom stereocenters. The average Bonchev–Trinajstić information content (AvgIpc) is 3.20. The number of rotatable bonds is 3. The van der Waals surface area contributed by atoms with Crippen molar-refractivity contribution in [2.75, 3.05) is 12.4 Å². The molecule has 8 heteroatoms. The maximum absolute atomic E-state index is 12.9. The van der Waals surface area contributed by atoms with E-state index in [1.54, 1.807) is 19.3 Å². The molecule has 1 aliphatic heterocycles. The number of carbonyl (C=O) groups is 2. The Hall–Kier alpha value is -3.26. The van der Waals surface area contributed by atoms with Crippen molar-refractivity contribution in [2.24, 2.45) is 16.1 Å². The molecule has 2 amide bonds. The third-order valence-electron chi connectivity index (χ3n) is 6.00. The van der Waals surface area contributed by atoms with Crippen LogP contribution >= 0.6 is 11.3 Å². The number of fused-ring (bicyclic) bond motifs is 1. The van der Waals surface area contributed by atoms with Gasteiger partial charge in [-0.25, -0.2) is 9.98 Å². The highest BCUT2D eigenvalue weighted by molar-refractivity contribution is 7.17. The van der Waals surface area contributed by atoms with Crippen molar-refractivity contribution in [1.29, 1.82) is 0 Å². The van der Waals surface area contributed by atoms with Gasteiger partial charge >= 0.3 is 0 Å². The van der Waals surface area contributed by atoms with Crippen molar-refractivity contribution in [3.05, 3.63) is 59.2 Å². The van der Waals surface area contributed by atoms with E-state index < -0.39 is 11.0 Å². The molecule has 0 aliphatic carbocycles. The number of hydrogen-bond donors (Lipinski definition) is 2. The zero-order valence-electron chi connectivity index (χ0n) is 17.3. The summed E-state index contributed by atoms with van der Waals surface area (Å²) in [5.74, 6) is -0.225. The van der Waals surface area contributed by atoms with E-state index in [2.05, 4.69) is 15.3 Å². The van der Waals surface area contributed by atoms with Crippen LogP contribution in [0.15, 0.2) is 53.0 Å². The van der Waals surface area contributed by atoms with E-state index in [0.29, 0.717) is 11.4 Å². The van der Waals surface area contributed by atoms with Crippen molar-refractivity contribution in [1.82, 2.24) is 9.88 Å². The topological polar surface area (TPSA) is 101 Å². The molecule has 0 radical (unpaired) electrons. The van der Waals surface area contributed by atoms with Crippen LogP contribution in [-0.4, -0.2) is 34.7 Å². The van der Waals surface area contributed by atoms with Crippen molar-refractivity contribution in [3.8, 4) is 0 Å². The quantitative estimate of drug-likeness (QED) is 0.675. The Balaban J connectivity index is 1.70. The van der Waals surface area contributed by atoms with Crippen LogP contribution in [0.25, 0.3) is 10.1 Å². The van der Waals surface area contributed by atoms with Crippen LogP contribution in [0.1, 0.15) is 36.8 Å². The summed E-state index contributed by atoms with van der Waals surface area (Å²) in [6.45, 7) is 5.60. The number of nitrogens with two attached hydrogens (primary N) is 1. The number of carbonyl (C=O) groups excluding carboxylic acids is 2. The largest absolute Gasteiger partial charge is 0.369 e. The predicted octanol–water partition coefficient (Wildman–Crippen LogP) is 3.58. The summed E-state index contributed by atoms with van der Waals surface area (Å²) < 4.78 is 0.845. The lowest BCUT2D eigenvalue weighted by molar-refractivity contribution is -0.140. The van der Waals surface area contributed by atoms with Crippen LogP contribution in [0, 0.1) is 5.41 Å². The van der Waals surface area contributed by atoms with Gasteiger partial charge in [-0.2, -0.15) is 0 Å². The Labute approximate surface area is 178 Å². The highest BCUT2D eigenvalue weighted by Gasteiger charge is 2.52. The molecule has 1 aromatic carbocycles. The van der Waals surface area contributed by atoms with Crippen LogP contribution in [0.4, 0.5) is 5.69 Å². The fourth-order valence-electron chi connectivity index (χ4n) is 3.75. The molecule has 4 rings (SSSR count). The Morgan fingerprint density at radius 3 is 2.73 bits per heavy atom.